The van der Waals surface area contributed by atoms with Gasteiger partial charge in [-0.15, -0.1) is 0 Å². The van der Waals surface area contributed by atoms with Crippen molar-refractivity contribution in [2.45, 2.75) is 12.3 Å². The number of para-hydroxylation sites is 2. The second-order valence-electron chi connectivity index (χ2n) is 13.1. The molecule has 9 aromatic rings. The number of pyridine rings is 2. The Morgan fingerprint density at radius 2 is 1.24 bits per heavy atom. The molecule has 1 aliphatic carbocycles. The topological polar surface area (TPSA) is 56.0 Å². The van der Waals surface area contributed by atoms with Gasteiger partial charge in [-0.1, -0.05) is 133 Å². The van der Waals surface area contributed by atoms with Crippen molar-refractivity contribution in [1.29, 1.82) is 0 Å². The third kappa shape index (κ3) is 5.10. The van der Waals surface area contributed by atoms with Gasteiger partial charge in [0.05, 0.1) is 27.9 Å². The maximum atomic E-state index is 5.20. The second-order valence-corrected chi connectivity index (χ2v) is 13.1. The molecule has 0 bridgehead atoms. The first-order valence-corrected chi connectivity index (χ1v) is 17.3. The largest absolute Gasteiger partial charge is 0.298 e. The summed E-state index contributed by atoms with van der Waals surface area (Å²) < 4.78 is 2.16. The molecule has 5 nitrogen and oxygen atoms in total. The van der Waals surface area contributed by atoms with Crippen LogP contribution in [0.1, 0.15) is 23.6 Å². The van der Waals surface area contributed by atoms with Crippen molar-refractivity contribution in [2.24, 2.45) is 0 Å². The highest BCUT2D eigenvalue weighted by Gasteiger charge is 2.20. The fraction of sp³-hybridized carbons (Fsp3) is 0.0435. The van der Waals surface area contributed by atoms with E-state index in [-0.39, 0.29) is 5.92 Å². The predicted molar refractivity (Wildman–Crippen MR) is 208 cm³/mol. The number of fused-ring (bicyclic) bond motifs is 6. The molecule has 0 aliphatic heterocycles. The Balaban J connectivity index is 0.994. The number of allylic oxidation sites excluding steroid dienone is 4. The molecule has 0 N–H and O–H groups in total. The minimum atomic E-state index is 0.220. The first kappa shape index (κ1) is 29.2. The molecule has 0 saturated heterocycles. The molecule has 10 rings (SSSR count). The molecule has 1 aliphatic rings. The molecule has 4 aromatic heterocycles. The van der Waals surface area contributed by atoms with Gasteiger partial charge in [-0.3, -0.25) is 4.40 Å². The van der Waals surface area contributed by atoms with Crippen molar-refractivity contribution in [3.8, 4) is 33.8 Å². The molecule has 5 heteroatoms. The Morgan fingerprint density at radius 1 is 0.529 bits per heavy atom. The van der Waals surface area contributed by atoms with Crippen LogP contribution in [0.5, 0.6) is 0 Å². The third-order valence-corrected chi connectivity index (χ3v) is 9.96. The summed E-state index contributed by atoms with van der Waals surface area (Å²) in [6, 6.07) is 50.5. The van der Waals surface area contributed by atoms with E-state index < -0.39 is 0 Å². The van der Waals surface area contributed by atoms with Crippen molar-refractivity contribution in [1.82, 2.24) is 24.3 Å². The lowest BCUT2D eigenvalue weighted by Crippen LogP contribution is -2.02. The number of benzene rings is 5. The summed E-state index contributed by atoms with van der Waals surface area (Å²) in [5.74, 6) is 0.946. The van der Waals surface area contributed by atoms with E-state index in [0.717, 1.165) is 78.8 Å². The quantitative estimate of drug-likeness (QED) is 0.185. The molecule has 0 fully saturated rings. The first-order valence-electron chi connectivity index (χ1n) is 17.3. The summed E-state index contributed by atoms with van der Waals surface area (Å²) in [5, 5.41) is 2.11. The zero-order chi connectivity index (χ0) is 33.7. The van der Waals surface area contributed by atoms with Gasteiger partial charge in [0.25, 0.3) is 0 Å². The number of imidazole rings is 1. The van der Waals surface area contributed by atoms with Gasteiger partial charge in [0, 0.05) is 34.0 Å². The number of rotatable bonds is 5. The van der Waals surface area contributed by atoms with Crippen LogP contribution in [0.15, 0.2) is 170 Å². The number of aromatic nitrogens is 5. The van der Waals surface area contributed by atoms with Crippen LogP contribution in [0.4, 0.5) is 0 Å². The van der Waals surface area contributed by atoms with E-state index in [2.05, 4.69) is 144 Å². The molecule has 5 aromatic carbocycles. The van der Waals surface area contributed by atoms with Gasteiger partial charge in [0.2, 0.25) is 0 Å². The average molecular weight is 654 g/mol. The van der Waals surface area contributed by atoms with Crippen molar-refractivity contribution >= 4 is 44.1 Å². The fourth-order valence-electron chi connectivity index (χ4n) is 7.38. The van der Waals surface area contributed by atoms with E-state index >= 15 is 0 Å². The van der Waals surface area contributed by atoms with Gasteiger partial charge in [0.1, 0.15) is 11.2 Å². The minimum Gasteiger partial charge on any atom is -0.298 e. The number of hydrogen-bond acceptors (Lipinski definition) is 4. The van der Waals surface area contributed by atoms with Crippen LogP contribution in [-0.4, -0.2) is 24.3 Å². The first-order chi connectivity index (χ1) is 25.3. The zero-order valence-electron chi connectivity index (χ0n) is 27.7. The highest BCUT2D eigenvalue weighted by molar-refractivity contribution is 6.08. The van der Waals surface area contributed by atoms with Crippen LogP contribution in [0.25, 0.3) is 77.8 Å². The van der Waals surface area contributed by atoms with Crippen LogP contribution in [0, 0.1) is 0 Å². The van der Waals surface area contributed by atoms with Gasteiger partial charge in [-0.25, -0.2) is 19.9 Å². The number of hydrogen-bond donors (Lipinski definition) is 0. The zero-order valence-corrected chi connectivity index (χ0v) is 27.7. The Bertz CT molecular complexity index is 2830. The van der Waals surface area contributed by atoms with Crippen molar-refractivity contribution in [2.75, 3.05) is 0 Å². The summed E-state index contributed by atoms with van der Waals surface area (Å²) >= 11 is 0. The lowest BCUT2D eigenvalue weighted by molar-refractivity contribution is 0.856. The minimum absolute atomic E-state index is 0.220. The molecule has 51 heavy (non-hydrogen) atoms. The van der Waals surface area contributed by atoms with E-state index in [1.54, 1.807) is 0 Å². The maximum Gasteiger partial charge on any atom is 0.160 e. The maximum absolute atomic E-state index is 5.20. The fourth-order valence-corrected chi connectivity index (χ4v) is 7.38. The van der Waals surface area contributed by atoms with Crippen molar-refractivity contribution in [3.63, 3.8) is 0 Å². The van der Waals surface area contributed by atoms with E-state index in [9.17, 15) is 0 Å². The Kier molecular flexibility index (Phi) is 6.88. The monoisotopic (exact) mass is 653 g/mol. The van der Waals surface area contributed by atoms with Crippen LogP contribution in [0.2, 0.25) is 0 Å². The molecule has 0 radical (unpaired) electrons. The summed E-state index contributed by atoms with van der Waals surface area (Å²) in [4.78, 5) is 20.5. The Hall–Kier alpha value is -6.72. The second kappa shape index (κ2) is 12.0. The summed E-state index contributed by atoms with van der Waals surface area (Å²) in [5.41, 5.74) is 13.5. The van der Waals surface area contributed by atoms with E-state index in [4.69, 9.17) is 19.9 Å². The van der Waals surface area contributed by atoms with Gasteiger partial charge < -0.3 is 0 Å². The smallest absolute Gasteiger partial charge is 0.160 e. The summed E-state index contributed by atoms with van der Waals surface area (Å²) in [6.07, 6.45) is 9.79. The van der Waals surface area contributed by atoms with Crippen LogP contribution in [-0.2, 0) is 0 Å². The molecule has 0 saturated carbocycles. The van der Waals surface area contributed by atoms with Crippen molar-refractivity contribution in [3.05, 3.63) is 181 Å². The predicted octanol–water partition coefficient (Wildman–Crippen LogP) is 11.1. The van der Waals surface area contributed by atoms with Crippen LogP contribution in [0.3, 0.4) is 0 Å². The normalized spacial score (nSPS) is 14.4. The molecule has 0 spiro atoms. The van der Waals surface area contributed by atoms with Crippen LogP contribution < -0.4 is 0 Å². The number of nitrogens with zero attached hydrogens (tertiary/aromatic N) is 5. The molecular formula is C46H31N5. The van der Waals surface area contributed by atoms with Gasteiger partial charge in [-0.2, -0.15) is 0 Å². The molecule has 4 heterocycles. The lowest BCUT2D eigenvalue weighted by Gasteiger charge is -2.18. The van der Waals surface area contributed by atoms with E-state index in [1.807, 2.05) is 30.3 Å². The molecule has 1 unspecified atom stereocenters. The Labute approximate surface area is 295 Å². The van der Waals surface area contributed by atoms with E-state index in [1.165, 1.54) is 16.7 Å². The van der Waals surface area contributed by atoms with E-state index in [0.29, 0.717) is 0 Å². The van der Waals surface area contributed by atoms with Crippen LogP contribution >= 0.6 is 0 Å². The summed E-state index contributed by atoms with van der Waals surface area (Å²) in [6.45, 7) is 0. The average Bonchev–Trinajstić information content (AvgIpc) is 3.61. The SMILES string of the molecule is C1=CC(c2cccc(-c3nc(-c4ccc(-c5ccccc5)cc4)c4ccccc4n3)c2)CC=C1c1nc2ccccc2c2nc3ccccn3c12. The van der Waals surface area contributed by atoms with Crippen molar-refractivity contribution < 1.29 is 0 Å². The molecular weight excluding hydrogens is 623 g/mol. The summed E-state index contributed by atoms with van der Waals surface area (Å²) in [7, 11) is 0. The molecule has 240 valence electrons. The molecule has 0 amide bonds. The highest BCUT2D eigenvalue weighted by Crippen LogP contribution is 2.37. The molecule has 1 atom stereocenters. The lowest BCUT2D eigenvalue weighted by atomic mass is 9.88. The Morgan fingerprint density at radius 3 is 2.06 bits per heavy atom. The highest BCUT2D eigenvalue weighted by atomic mass is 15.0. The third-order valence-electron chi connectivity index (χ3n) is 9.96. The van der Waals surface area contributed by atoms with Gasteiger partial charge in [-0.05, 0) is 59.0 Å². The standard InChI is InChI=1S/C46H31N5/c1-2-11-30(12-3-1)31-20-24-33(25-21-31)42-37-15-4-7-18-40(37)48-46(50-42)36-14-10-13-35(29-36)32-22-26-34(27-23-32)43-45-44(38-16-5-6-17-39(38)47-43)49-41-19-8-9-28-51(41)45/h1-22,24-29,32H,23H2. The van der Waals surface area contributed by atoms with Gasteiger partial charge in [0.15, 0.2) is 5.82 Å². The van der Waals surface area contributed by atoms with Gasteiger partial charge >= 0.3 is 0 Å².